The maximum atomic E-state index is 12.8. The predicted octanol–water partition coefficient (Wildman–Crippen LogP) is 4.08. The van der Waals surface area contributed by atoms with Crippen LogP contribution in [0.4, 0.5) is 5.69 Å². The number of amides is 2. The maximum absolute atomic E-state index is 12.8. The van der Waals surface area contributed by atoms with Gasteiger partial charge in [0, 0.05) is 46.9 Å². The number of fused-ring (bicyclic) bond motifs is 1. The molecule has 1 aliphatic rings. The van der Waals surface area contributed by atoms with Crippen molar-refractivity contribution in [3.05, 3.63) is 76.2 Å². The van der Waals surface area contributed by atoms with Crippen LogP contribution >= 0.6 is 11.8 Å². The molecule has 4 aromatic rings. The number of nitrogens with zero attached hydrogens (tertiary/aromatic N) is 2. The fraction of sp³-hybridized carbons (Fsp3) is 0.185. The summed E-state index contributed by atoms with van der Waals surface area (Å²) in [5, 5.41) is 4.60. The van der Waals surface area contributed by atoms with Gasteiger partial charge >= 0.3 is 0 Å². The van der Waals surface area contributed by atoms with E-state index in [1.165, 1.54) is 22.4 Å². The van der Waals surface area contributed by atoms with Gasteiger partial charge in [0.2, 0.25) is 5.56 Å². The number of rotatable bonds is 5. The van der Waals surface area contributed by atoms with E-state index < -0.39 is 5.91 Å². The van der Waals surface area contributed by atoms with Gasteiger partial charge in [0.1, 0.15) is 0 Å². The smallest absolute Gasteiger partial charge is 0.280 e. The predicted molar refractivity (Wildman–Crippen MR) is 146 cm³/mol. The Morgan fingerprint density at radius 2 is 1.97 bits per heavy atom. The minimum absolute atomic E-state index is 0.112. The van der Waals surface area contributed by atoms with Crippen molar-refractivity contribution >= 4 is 45.2 Å². The summed E-state index contributed by atoms with van der Waals surface area (Å²) in [6, 6.07) is 14.5. The van der Waals surface area contributed by atoms with Gasteiger partial charge in [-0.1, -0.05) is 36.9 Å². The highest BCUT2D eigenvalue weighted by Crippen LogP contribution is 2.37. The number of primary amides is 1. The number of aromatic amines is 1. The second-order valence-electron chi connectivity index (χ2n) is 8.87. The second kappa shape index (κ2) is 9.16. The SMILES string of the molecule is Cc1c(NC(=O)C2=NCC(C)S2)cccc1-c1ccc(C(N)=O)c2[nH]c(-c3ccc(=O)n(C)c3)cc12. The van der Waals surface area contributed by atoms with E-state index in [1.54, 1.807) is 25.4 Å². The van der Waals surface area contributed by atoms with Crippen molar-refractivity contribution in [2.24, 2.45) is 17.8 Å². The quantitative estimate of drug-likeness (QED) is 0.383. The van der Waals surface area contributed by atoms with Crippen LogP contribution in [0.5, 0.6) is 0 Å². The Morgan fingerprint density at radius 1 is 1.17 bits per heavy atom. The molecule has 2 aromatic carbocycles. The maximum Gasteiger partial charge on any atom is 0.280 e. The average molecular weight is 500 g/mol. The van der Waals surface area contributed by atoms with E-state index >= 15 is 0 Å². The zero-order valence-electron chi connectivity index (χ0n) is 20.1. The molecule has 0 fully saturated rings. The van der Waals surface area contributed by atoms with E-state index in [0.717, 1.165) is 33.3 Å². The Kier molecular flexibility index (Phi) is 6.01. The Balaban J connectivity index is 1.61. The van der Waals surface area contributed by atoms with Crippen molar-refractivity contribution in [2.75, 3.05) is 11.9 Å². The highest BCUT2D eigenvalue weighted by molar-refractivity contribution is 8.16. The monoisotopic (exact) mass is 499 g/mol. The topological polar surface area (TPSA) is 122 Å². The Bertz CT molecular complexity index is 1630. The zero-order chi connectivity index (χ0) is 25.6. The summed E-state index contributed by atoms with van der Waals surface area (Å²) in [4.78, 5) is 44.5. The molecule has 2 amide bonds. The second-order valence-corrected chi connectivity index (χ2v) is 10.3. The first kappa shape index (κ1) is 23.6. The van der Waals surface area contributed by atoms with Crippen LogP contribution < -0.4 is 16.6 Å². The third kappa shape index (κ3) is 4.22. The summed E-state index contributed by atoms with van der Waals surface area (Å²) in [5.41, 5.74) is 11.5. The minimum Gasteiger partial charge on any atom is -0.366 e. The first-order valence-corrected chi connectivity index (χ1v) is 12.4. The van der Waals surface area contributed by atoms with E-state index in [9.17, 15) is 14.4 Å². The Hall–Kier alpha value is -4.11. The van der Waals surface area contributed by atoms with E-state index in [1.807, 2.05) is 44.2 Å². The number of aromatic nitrogens is 2. The summed E-state index contributed by atoms with van der Waals surface area (Å²) >= 11 is 1.48. The number of carbonyl (C=O) groups is 2. The molecular weight excluding hydrogens is 474 g/mol. The lowest BCUT2D eigenvalue weighted by atomic mass is 9.94. The number of benzene rings is 2. The molecule has 1 aliphatic heterocycles. The van der Waals surface area contributed by atoms with E-state index in [2.05, 4.69) is 15.3 Å². The van der Waals surface area contributed by atoms with Crippen LogP contribution in [-0.2, 0) is 11.8 Å². The van der Waals surface area contributed by atoms with Crippen LogP contribution in [0.3, 0.4) is 0 Å². The van der Waals surface area contributed by atoms with Crippen LogP contribution in [-0.4, -0.2) is 38.2 Å². The number of hydrogen-bond acceptors (Lipinski definition) is 5. The molecule has 4 N–H and O–H groups in total. The van der Waals surface area contributed by atoms with Crippen molar-refractivity contribution in [1.29, 1.82) is 0 Å². The number of pyridine rings is 1. The molecule has 1 atom stereocenters. The zero-order valence-corrected chi connectivity index (χ0v) is 20.9. The van der Waals surface area contributed by atoms with Gasteiger partial charge in [0.25, 0.3) is 11.8 Å². The number of hydrogen-bond donors (Lipinski definition) is 3. The molecule has 182 valence electrons. The normalized spacial score (nSPS) is 15.2. The van der Waals surface area contributed by atoms with Gasteiger partial charge in [-0.15, -0.1) is 0 Å². The molecule has 36 heavy (non-hydrogen) atoms. The Labute approximate surface area is 211 Å². The van der Waals surface area contributed by atoms with Crippen LogP contribution in [0, 0.1) is 6.92 Å². The van der Waals surface area contributed by atoms with Crippen molar-refractivity contribution in [2.45, 2.75) is 19.1 Å². The molecule has 1 unspecified atom stereocenters. The number of nitrogens with two attached hydrogens (primary N) is 1. The van der Waals surface area contributed by atoms with E-state index in [0.29, 0.717) is 33.6 Å². The van der Waals surface area contributed by atoms with Crippen LogP contribution in [0.1, 0.15) is 22.8 Å². The molecule has 3 heterocycles. The van der Waals surface area contributed by atoms with Crippen LogP contribution in [0.15, 0.2) is 64.5 Å². The van der Waals surface area contributed by atoms with Gasteiger partial charge in [-0.2, -0.15) is 0 Å². The first-order chi connectivity index (χ1) is 17.2. The summed E-state index contributed by atoms with van der Waals surface area (Å²) in [6.45, 7) is 4.63. The largest absolute Gasteiger partial charge is 0.366 e. The highest BCUT2D eigenvalue weighted by Gasteiger charge is 2.23. The summed E-state index contributed by atoms with van der Waals surface area (Å²) in [5.74, 6) is -0.750. The van der Waals surface area contributed by atoms with Gasteiger partial charge in [0.05, 0.1) is 17.6 Å². The van der Waals surface area contributed by atoms with Gasteiger partial charge in [-0.3, -0.25) is 19.4 Å². The van der Waals surface area contributed by atoms with Gasteiger partial charge in [-0.25, -0.2) is 0 Å². The third-order valence-electron chi connectivity index (χ3n) is 6.33. The van der Waals surface area contributed by atoms with Gasteiger partial charge < -0.3 is 20.6 Å². The molecule has 0 spiro atoms. The van der Waals surface area contributed by atoms with Crippen molar-refractivity contribution in [3.63, 3.8) is 0 Å². The number of nitrogens with one attached hydrogen (secondary N) is 2. The van der Waals surface area contributed by atoms with E-state index in [4.69, 9.17) is 5.73 Å². The van der Waals surface area contributed by atoms with Gasteiger partial charge in [0.15, 0.2) is 5.04 Å². The molecular formula is C27H25N5O3S. The third-order valence-corrected chi connectivity index (χ3v) is 7.42. The molecule has 0 radical (unpaired) electrons. The number of aryl methyl sites for hydroxylation is 1. The minimum atomic E-state index is -0.540. The van der Waals surface area contributed by atoms with Crippen molar-refractivity contribution in [1.82, 2.24) is 9.55 Å². The molecule has 0 saturated heterocycles. The van der Waals surface area contributed by atoms with Crippen molar-refractivity contribution in [3.8, 4) is 22.4 Å². The molecule has 9 heteroatoms. The number of H-pyrrole nitrogens is 1. The highest BCUT2D eigenvalue weighted by atomic mass is 32.2. The molecule has 0 saturated carbocycles. The average Bonchev–Trinajstić information content (AvgIpc) is 3.48. The molecule has 5 rings (SSSR count). The summed E-state index contributed by atoms with van der Waals surface area (Å²) in [7, 11) is 1.69. The Morgan fingerprint density at radius 3 is 2.67 bits per heavy atom. The molecule has 0 aliphatic carbocycles. The molecule has 2 aromatic heterocycles. The first-order valence-electron chi connectivity index (χ1n) is 11.5. The van der Waals surface area contributed by atoms with Gasteiger partial charge in [-0.05, 0) is 47.9 Å². The fourth-order valence-corrected chi connectivity index (χ4v) is 5.25. The standard InChI is InChI=1S/C27H25N5O3S/c1-14-12-29-27(36-14)26(35)31-21-6-4-5-17(15(21)2)18-8-9-19(25(28)34)24-20(18)11-22(30-24)16-7-10-23(33)32(3)13-16/h4-11,13-14,30H,12H2,1-3H3,(H2,28,34)(H,31,35). The summed E-state index contributed by atoms with van der Waals surface area (Å²) in [6.07, 6.45) is 1.74. The molecule has 8 nitrogen and oxygen atoms in total. The number of carbonyl (C=O) groups excluding carboxylic acids is 2. The molecule has 0 bridgehead atoms. The van der Waals surface area contributed by atoms with Crippen molar-refractivity contribution < 1.29 is 9.59 Å². The summed E-state index contributed by atoms with van der Waals surface area (Å²) < 4.78 is 1.50. The lowest BCUT2D eigenvalue weighted by molar-refractivity contribution is -0.110. The van der Waals surface area contributed by atoms with Crippen LogP contribution in [0.25, 0.3) is 33.3 Å². The lowest BCUT2D eigenvalue weighted by Crippen LogP contribution is -2.20. The number of thioether (sulfide) groups is 1. The fourth-order valence-electron chi connectivity index (χ4n) is 4.41. The van der Waals surface area contributed by atoms with Crippen LogP contribution in [0.2, 0.25) is 0 Å². The van der Waals surface area contributed by atoms with E-state index in [-0.39, 0.29) is 11.5 Å². The number of aliphatic imine (C=N–C) groups is 1. The lowest BCUT2D eigenvalue weighted by Gasteiger charge is -2.14. The number of anilines is 1.